The van der Waals surface area contributed by atoms with E-state index in [0.717, 1.165) is 0 Å². The van der Waals surface area contributed by atoms with Crippen LogP contribution in [-0.2, 0) is 6.54 Å². The van der Waals surface area contributed by atoms with Crippen LogP contribution in [0.4, 0.5) is 0 Å². The number of ketones is 1. The lowest BCUT2D eigenvalue weighted by Crippen LogP contribution is -2.38. The van der Waals surface area contributed by atoms with Crippen molar-refractivity contribution in [2.75, 3.05) is 0 Å². The molecule has 0 aliphatic rings. The molecule has 6 heteroatoms. The molecular weight excluding hydrogens is 330 g/mol. The molecule has 0 atom stereocenters. The van der Waals surface area contributed by atoms with Gasteiger partial charge in [0, 0.05) is 5.56 Å². The average Bonchev–Trinajstić information content (AvgIpc) is 2.69. The molecule has 2 aromatic carbocycles. The van der Waals surface area contributed by atoms with Crippen LogP contribution < -0.4 is 9.30 Å². The Morgan fingerprint density at radius 2 is 1.81 bits per heavy atom. The van der Waals surface area contributed by atoms with E-state index in [1.807, 2.05) is 12.1 Å². The molecule has 3 rings (SSSR count). The summed E-state index contributed by atoms with van der Waals surface area (Å²) in [5.41, 5.74) is 1.15. The van der Waals surface area contributed by atoms with Crippen molar-refractivity contribution in [3.05, 3.63) is 90.0 Å². The van der Waals surface area contributed by atoms with Crippen molar-refractivity contribution in [3.63, 3.8) is 0 Å². The molecule has 126 valence electrons. The number of esters is 1. The maximum atomic E-state index is 12.3. The molecule has 0 aliphatic heterocycles. The molecule has 0 unspecified atom stereocenters. The third-order valence-electron chi connectivity index (χ3n) is 3.58. The van der Waals surface area contributed by atoms with Gasteiger partial charge in [-0.15, -0.1) is 0 Å². The van der Waals surface area contributed by atoms with Crippen molar-refractivity contribution in [1.82, 2.24) is 4.98 Å². The van der Waals surface area contributed by atoms with E-state index in [1.165, 1.54) is 24.5 Å². The van der Waals surface area contributed by atoms with Crippen molar-refractivity contribution >= 4 is 11.8 Å². The summed E-state index contributed by atoms with van der Waals surface area (Å²) in [6.07, 6.45) is 4.51. The van der Waals surface area contributed by atoms with Gasteiger partial charge in [-0.25, -0.2) is 9.78 Å². The molecule has 0 radical (unpaired) electrons. The Morgan fingerprint density at radius 1 is 1.08 bits per heavy atom. The van der Waals surface area contributed by atoms with Crippen LogP contribution in [0.3, 0.4) is 0 Å². The highest BCUT2D eigenvalue weighted by Gasteiger charge is 2.17. The highest BCUT2D eigenvalue weighted by atomic mass is 16.5. The maximum Gasteiger partial charge on any atom is 0.368 e. The number of nitriles is 1. The summed E-state index contributed by atoms with van der Waals surface area (Å²) in [5.74, 6) is -0.406. The Labute approximate surface area is 149 Å². The minimum atomic E-state index is -0.642. The average molecular weight is 344 g/mol. The van der Waals surface area contributed by atoms with Crippen LogP contribution in [0.2, 0.25) is 0 Å². The van der Waals surface area contributed by atoms with E-state index in [0.29, 0.717) is 16.9 Å². The Hall–Kier alpha value is -3.85. The summed E-state index contributed by atoms with van der Waals surface area (Å²) in [5, 5.41) is 8.78. The molecule has 0 fully saturated rings. The fourth-order valence-corrected chi connectivity index (χ4v) is 2.27. The highest BCUT2D eigenvalue weighted by Crippen LogP contribution is 2.13. The van der Waals surface area contributed by atoms with Gasteiger partial charge in [0.15, 0.2) is 6.20 Å². The topological polar surface area (TPSA) is 83.9 Å². The van der Waals surface area contributed by atoms with Crippen molar-refractivity contribution < 1.29 is 18.9 Å². The molecular formula is C20H14N3O3+. The zero-order valence-electron chi connectivity index (χ0n) is 13.7. The van der Waals surface area contributed by atoms with E-state index < -0.39 is 5.97 Å². The Bertz CT molecular complexity index is 977. The van der Waals surface area contributed by atoms with Crippen LogP contribution in [0.25, 0.3) is 0 Å². The van der Waals surface area contributed by atoms with Crippen LogP contribution in [0, 0.1) is 11.3 Å². The number of carbonyl (C=O) groups is 2. The zero-order valence-corrected chi connectivity index (χ0v) is 13.7. The van der Waals surface area contributed by atoms with Crippen molar-refractivity contribution in [3.8, 4) is 11.8 Å². The van der Waals surface area contributed by atoms with E-state index in [2.05, 4.69) is 4.98 Å². The summed E-state index contributed by atoms with van der Waals surface area (Å²) in [6.45, 7) is 0.0870. The first-order chi connectivity index (χ1) is 12.7. The minimum absolute atomic E-state index is 0.0757. The molecule has 0 amide bonds. The number of hydrogen-bond donors (Lipinski definition) is 0. The fraction of sp³-hybridized carbons (Fsp3) is 0.0500. The normalized spacial score (nSPS) is 9.96. The first-order valence-electron chi connectivity index (χ1n) is 7.81. The number of aromatic nitrogens is 2. The van der Waals surface area contributed by atoms with Crippen LogP contribution in [0.5, 0.6) is 5.75 Å². The first-order valence-corrected chi connectivity index (χ1v) is 7.81. The van der Waals surface area contributed by atoms with Gasteiger partial charge >= 0.3 is 5.97 Å². The molecule has 0 saturated carbocycles. The summed E-state index contributed by atoms with van der Waals surface area (Å²) in [6, 6.07) is 17.1. The molecule has 1 heterocycles. The minimum Gasteiger partial charge on any atom is -0.422 e. The summed E-state index contributed by atoms with van der Waals surface area (Å²) in [7, 11) is 0. The quantitative estimate of drug-likeness (QED) is 0.307. The van der Waals surface area contributed by atoms with Gasteiger partial charge in [0.25, 0.3) is 0 Å². The van der Waals surface area contributed by atoms with E-state index in [9.17, 15) is 9.59 Å². The Balaban J connectivity index is 1.71. The molecule has 26 heavy (non-hydrogen) atoms. The SMILES string of the molecule is N#Cc1ccc(OC(=O)c2c[n+](CC(=O)c3ccccc3)ccn2)cc1. The van der Waals surface area contributed by atoms with Gasteiger partial charge in [-0.3, -0.25) is 4.79 Å². The zero-order chi connectivity index (χ0) is 18.4. The Morgan fingerprint density at radius 3 is 2.50 bits per heavy atom. The molecule has 0 N–H and O–H groups in total. The van der Waals surface area contributed by atoms with Crippen LogP contribution in [0.1, 0.15) is 26.4 Å². The van der Waals surface area contributed by atoms with Crippen molar-refractivity contribution in [2.45, 2.75) is 6.54 Å². The second-order valence-electron chi connectivity index (χ2n) is 5.43. The standard InChI is InChI=1S/C20H14N3O3/c21-12-15-6-8-17(9-7-15)26-20(25)18-13-23(11-10-22-18)14-19(24)16-4-2-1-3-5-16/h1-11,13H,14H2/q+1. The van der Waals surface area contributed by atoms with E-state index in [-0.39, 0.29) is 18.0 Å². The largest absolute Gasteiger partial charge is 0.422 e. The second-order valence-corrected chi connectivity index (χ2v) is 5.43. The van der Waals surface area contributed by atoms with Crippen LogP contribution in [-0.4, -0.2) is 16.7 Å². The number of Topliss-reactive ketones (excluding diaryl/α,β-unsaturated/α-hetero) is 1. The predicted octanol–water partition coefficient (Wildman–Crippen LogP) is 2.34. The van der Waals surface area contributed by atoms with E-state index in [1.54, 1.807) is 47.2 Å². The van der Waals surface area contributed by atoms with Gasteiger partial charge in [-0.05, 0) is 24.3 Å². The van der Waals surface area contributed by atoms with Gasteiger partial charge in [0.2, 0.25) is 24.2 Å². The number of benzene rings is 2. The number of hydrogen-bond acceptors (Lipinski definition) is 5. The Kier molecular flexibility index (Phi) is 5.11. The number of carbonyl (C=O) groups excluding carboxylic acids is 2. The summed E-state index contributed by atoms with van der Waals surface area (Å²) >= 11 is 0. The number of ether oxygens (including phenoxy) is 1. The van der Waals surface area contributed by atoms with E-state index >= 15 is 0 Å². The van der Waals surface area contributed by atoms with Gasteiger partial charge < -0.3 is 4.74 Å². The maximum absolute atomic E-state index is 12.3. The fourth-order valence-electron chi connectivity index (χ4n) is 2.27. The summed E-state index contributed by atoms with van der Waals surface area (Å²) < 4.78 is 6.82. The highest BCUT2D eigenvalue weighted by molar-refractivity contribution is 5.95. The molecule has 1 aromatic heterocycles. The lowest BCUT2D eigenvalue weighted by molar-refractivity contribution is -0.683. The molecule has 0 saturated heterocycles. The molecule has 0 bridgehead atoms. The lowest BCUT2D eigenvalue weighted by atomic mass is 10.1. The summed E-state index contributed by atoms with van der Waals surface area (Å²) in [4.78, 5) is 28.5. The van der Waals surface area contributed by atoms with Crippen molar-refractivity contribution in [2.24, 2.45) is 0 Å². The second kappa shape index (κ2) is 7.81. The monoisotopic (exact) mass is 344 g/mol. The number of nitrogens with zero attached hydrogens (tertiary/aromatic N) is 3. The smallest absolute Gasteiger partial charge is 0.368 e. The molecule has 0 aliphatic carbocycles. The molecule has 6 nitrogen and oxygen atoms in total. The number of rotatable bonds is 5. The van der Waals surface area contributed by atoms with Gasteiger partial charge in [-0.1, -0.05) is 30.3 Å². The predicted molar refractivity (Wildman–Crippen MR) is 91.3 cm³/mol. The van der Waals surface area contributed by atoms with Crippen molar-refractivity contribution in [1.29, 1.82) is 5.26 Å². The van der Waals surface area contributed by atoms with E-state index in [4.69, 9.17) is 10.00 Å². The lowest BCUT2D eigenvalue weighted by Gasteiger charge is -2.03. The van der Waals surface area contributed by atoms with Gasteiger partial charge in [0.05, 0.1) is 17.8 Å². The van der Waals surface area contributed by atoms with Crippen LogP contribution >= 0.6 is 0 Å². The molecule has 0 spiro atoms. The molecule has 3 aromatic rings. The third kappa shape index (κ3) is 4.16. The first kappa shape index (κ1) is 17.0. The van der Waals surface area contributed by atoms with Gasteiger partial charge in [-0.2, -0.15) is 9.83 Å². The third-order valence-corrected chi connectivity index (χ3v) is 3.58. The van der Waals surface area contributed by atoms with Crippen LogP contribution in [0.15, 0.2) is 73.2 Å². The van der Waals surface area contributed by atoms with Gasteiger partial charge in [0.1, 0.15) is 5.75 Å².